The van der Waals surface area contributed by atoms with E-state index in [9.17, 15) is 0 Å². The molecule has 3 heteroatoms. The van der Waals surface area contributed by atoms with Crippen molar-refractivity contribution in [3.63, 3.8) is 0 Å². The molecule has 2 rings (SSSR count). The van der Waals surface area contributed by atoms with Crippen LogP contribution in [0.5, 0.6) is 10.8 Å². The first-order valence-corrected chi connectivity index (χ1v) is 6.69. The third kappa shape index (κ3) is 3.01. The summed E-state index contributed by atoms with van der Waals surface area (Å²) in [6.45, 7) is 2.15. The maximum atomic E-state index is 5.66. The fourth-order valence-electron chi connectivity index (χ4n) is 1.21. The average Bonchev–Trinajstić information content (AvgIpc) is 2.74. The van der Waals surface area contributed by atoms with E-state index in [-0.39, 0.29) is 0 Å². The molecule has 1 aromatic carbocycles. The SMILES string of the molecule is CCSc1ccc(Oc2cccs2)cc1. The summed E-state index contributed by atoms with van der Waals surface area (Å²) in [6, 6.07) is 12.2. The molecule has 0 aliphatic carbocycles. The van der Waals surface area contributed by atoms with Crippen LogP contribution in [-0.4, -0.2) is 5.75 Å². The van der Waals surface area contributed by atoms with Crippen LogP contribution < -0.4 is 4.74 Å². The first kappa shape index (κ1) is 10.6. The van der Waals surface area contributed by atoms with Gasteiger partial charge in [0.1, 0.15) is 5.75 Å². The van der Waals surface area contributed by atoms with Crippen LogP contribution in [0.2, 0.25) is 0 Å². The summed E-state index contributed by atoms with van der Waals surface area (Å²) < 4.78 is 5.66. The van der Waals surface area contributed by atoms with Crippen LogP contribution >= 0.6 is 23.1 Å². The van der Waals surface area contributed by atoms with E-state index in [1.54, 1.807) is 11.3 Å². The molecule has 0 bridgehead atoms. The summed E-state index contributed by atoms with van der Waals surface area (Å²) in [5.74, 6) is 2.00. The van der Waals surface area contributed by atoms with Gasteiger partial charge in [-0.1, -0.05) is 6.92 Å². The lowest BCUT2D eigenvalue weighted by molar-refractivity contribution is 0.496. The molecule has 0 aliphatic heterocycles. The molecule has 1 aromatic heterocycles. The van der Waals surface area contributed by atoms with Gasteiger partial charge in [-0.25, -0.2) is 0 Å². The van der Waals surface area contributed by atoms with Crippen molar-refractivity contribution in [2.75, 3.05) is 5.75 Å². The highest BCUT2D eigenvalue weighted by Gasteiger charge is 1.98. The van der Waals surface area contributed by atoms with E-state index in [0.29, 0.717) is 0 Å². The molecule has 0 unspecified atom stereocenters. The Kier molecular flexibility index (Phi) is 3.69. The Labute approximate surface area is 98.1 Å². The zero-order valence-electron chi connectivity index (χ0n) is 8.47. The number of benzene rings is 1. The molecule has 0 spiro atoms. The van der Waals surface area contributed by atoms with Crippen LogP contribution in [0.15, 0.2) is 46.7 Å². The van der Waals surface area contributed by atoms with Gasteiger partial charge >= 0.3 is 0 Å². The second-order valence-electron chi connectivity index (χ2n) is 2.94. The van der Waals surface area contributed by atoms with Crippen molar-refractivity contribution in [2.24, 2.45) is 0 Å². The van der Waals surface area contributed by atoms with Crippen LogP contribution in [0.25, 0.3) is 0 Å². The summed E-state index contributed by atoms with van der Waals surface area (Å²) in [5.41, 5.74) is 0. The van der Waals surface area contributed by atoms with Gasteiger partial charge in [-0.05, 0) is 47.5 Å². The molecule has 0 saturated heterocycles. The van der Waals surface area contributed by atoms with Gasteiger partial charge in [-0.15, -0.1) is 23.1 Å². The van der Waals surface area contributed by atoms with Crippen molar-refractivity contribution in [3.8, 4) is 10.8 Å². The normalized spacial score (nSPS) is 10.2. The van der Waals surface area contributed by atoms with Crippen LogP contribution in [0.3, 0.4) is 0 Å². The quantitative estimate of drug-likeness (QED) is 0.714. The monoisotopic (exact) mass is 236 g/mol. The fraction of sp³-hybridized carbons (Fsp3) is 0.167. The molecular formula is C12H12OS2. The topological polar surface area (TPSA) is 9.23 Å². The van der Waals surface area contributed by atoms with E-state index in [1.165, 1.54) is 4.90 Å². The van der Waals surface area contributed by atoms with Crippen molar-refractivity contribution < 1.29 is 4.74 Å². The molecule has 0 radical (unpaired) electrons. The minimum Gasteiger partial charge on any atom is -0.447 e. The Balaban J connectivity index is 2.04. The zero-order chi connectivity index (χ0) is 10.5. The lowest BCUT2D eigenvalue weighted by Gasteiger charge is -2.03. The summed E-state index contributed by atoms with van der Waals surface area (Å²) in [7, 11) is 0. The second kappa shape index (κ2) is 5.24. The largest absolute Gasteiger partial charge is 0.447 e. The molecule has 0 amide bonds. The number of hydrogen-bond acceptors (Lipinski definition) is 3. The molecule has 0 atom stereocenters. The zero-order valence-corrected chi connectivity index (χ0v) is 10.1. The van der Waals surface area contributed by atoms with Crippen molar-refractivity contribution in [3.05, 3.63) is 41.8 Å². The predicted molar refractivity (Wildman–Crippen MR) is 67.2 cm³/mol. The first-order valence-electron chi connectivity index (χ1n) is 4.82. The van der Waals surface area contributed by atoms with Gasteiger partial charge < -0.3 is 4.74 Å². The summed E-state index contributed by atoms with van der Waals surface area (Å²) >= 11 is 3.44. The lowest BCUT2D eigenvalue weighted by atomic mass is 10.3. The van der Waals surface area contributed by atoms with Crippen molar-refractivity contribution in [2.45, 2.75) is 11.8 Å². The molecule has 1 nitrogen and oxygen atoms in total. The van der Waals surface area contributed by atoms with Gasteiger partial charge in [0.2, 0.25) is 0 Å². The van der Waals surface area contributed by atoms with Crippen LogP contribution in [0.1, 0.15) is 6.92 Å². The average molecular weight is 236 g/mol. The highest BCUT2D eigenvalue weighted by atomic mass is 32.2. The molecule has 0 saturated carbocycles. The van der Waals surface area contributed by atoms with Gasteiger partial charge in [-0.3, -0.25) is 0 Å². The van der Waals surface area contributed by atoms with Crippen LogP contribution in [0.4, 0.5) is 0 Å². The van der Waals surface area contributed by atoms with Crippen LogP contribution in [0, 0.1) is 0 Å². The first-order chi connectivity index (χ1) is 7.38. The van der Waals surface area contributed by atoms with E-state index in [4.69, 9.17) is 4.74 Å². The van der Waals surface area contributed by atoms with Crippen molar-refractivity contribution in [1.29, 1.82) is 0 Å². The van der Waals surface area contributed by atoms with E-state index in [0.717, 1.165) is 16.6 Å². The Bertz CT molecular complexity index is 392. The van der Waals surface area contributed by atoms with Gasteiger partial charge in [0.05, 0.1) is 0 Å². The van der Waals surface area contributed by atoms with Crippen LogP contribution in [-0.2, 0) is 0 Å². The van der Waals surface area contributed by atoms with Gasteiger partial charge in [0, 0.05) is 4.90 Å². The molecule has 78 valence electrons. The predicted octanol–water partition coefficient (Wildman–Crippen LogP) is 4.65. The second-order valence-corrected chi connectivity index (χ2v) is 5.19. The number of rotatable bonds is 4. The Hall–Kier alpha value is -0.930. The fourth-order valence-corrected chi connectivity index (χ4v) is 2.46. The van der Waals surface area contributed by atoms with Crippen molar-refractivity contribution in [1.82, 2.24) is 0 Å². The van der Waals surface area contributed by atoms with E-state index < -0.39 is 0 Å². The Morgan fingerprint density at radius 2 is 2.00 bits per heavy atom. The third-order valence-electron chi connectivity index (χ3n) is 1.85. The standard InChI is InChI=1S/C12H12OS2/c1-2-14-11-7-5-10(6-8-11)13-12-4-3-9-15-12/h3-9H,2H2,1H3. The van der Waals surface area contributed by atoms with Crippen molar-refractivity contribution >= 4 is 23.1 Å². The van der Waals surface area contributed by atoms with Gasteiger partial charge in [-0.2, -0.15) is 0 Å². The Morgan fingerprint density at radius 3 is 2.60 bits per heavy atom. The van der Waals surface area contributed by atoms with E-state index in [2.05, 4.69) is 19.1 Å². The molecule has 0 fully saturated rings. The molecule has 2 aromatic rings. The molecular weight excluding hydrogens is 224 g/mol. The highest BCUT2D eigenvalue weighted by Crippen LogP contribution is 2.27. The van der Waals surface area contributed by atoms with Gasteiger partial charge in [0.15, 0.2) is 5.06 Å². The summed E-state index contributed by atoms with van der Waals surface area (Å²) in [6.07, 6.45) is 0. The molecule has 0 aliphatic rings. The summed E-state index contributed by atoms with van der Waals surface area (Å²) in [4.78, 5) is 1.29. The number of thiophene rings is 1. The number of thioether (sulfide) groups is 1. The maximum Gasteiger partial charge on any atom is 0.180 e. The van der Waals surface area contributed by atoms with E-state index in [1.807, 2.05) is 41.4 Å². The highest BCUT2D eigenvalue weighted by molar-refractivity contribution is 7.99. The molecule has 15 heavy (non-hydrogen) atoms. The van der Waals surface area contributed by atoms with E-state index >= 15 is 0 Å². The van der Waals surface area contributed by atoms with Gasteiger partial charge in [0.25, 0.3) is 0 Å². The molecule has 1 heterocycles. The number of ether oxygens (including phenoxy) is 1. The smallest absolute Gasteiger partial charge is 0.180 e. The maximum absolute atomic E-state index is 5.66. The Morgan fingerprint density at radius 1 is 1.20 bits per heavy atom. The lowest BCUT2D eigenvalue weighted by Crippen LogP contribution is -1.80. The third-order valence-corrected chi connectivity index (χ3v) is 3.49. The minimum absolute atomic E-state index is 0.901. The summed E-state index contributed by atoms with van der Waals surface area (Å²) in [5, 5.41) is 2.95. The number of hydrogen-bond donors (Lipinski definition) is 0. The minimum atomic E-state index is 0.901. The molecule has 0 N–H and O–H groups in total.